The Labute approximate surface area is 136 Å². The molecule has 1 saturated heterocycles. The van der Waals surface area contributed by atoms with Gasteiger partial charge in [-0.05, 0) is 30.2 Å². The van der Waals surface area contributed by atoms with Crippen LogP contribution in [0.5, 0.6) is 0 Å². The summed E-state index contributed by atoms with van der Waals surface area (Å²) in [6, 6.07) is 13.1. The molecule has 1 aliphatic heterocycles. The standard InChI is InChI=1S/C20H32N2/c1-15(2)19-14-22(18-11-7-8-16(3)12-18)20(13-21-19)17-9-5-4-6-10-17/h4-6,9-10,15-16,18-21H,7-8,11-14H2,1-3H3. The lowest BCUT2D eigenvalue weighted by atomic mass is 9.83. The molecule has 0 amide bonds. The highest BCUT2D eigenvalue weighted by Gasteiger charge is 2.36. The Morgan fingerprint density at radius 1 is 1.14 bits per heavy atom. The van der Waals surface area contributed by atoms with Gasteiger partial charge in [0.05, 0.1) is 0 Å². The first-order chi connectivity index (χ1) is 10.6. The molecule has 22 heavy (non-hydrogen) atoms. The molecule has 122 valence electrons. The normalized spacial score (nSPS) is 34.0. The van der Waals surface area contributed by atoms with Crippen LogP contribution in [0.2, 0.25) is 0 Å². The number of nitrogens with zero attached hydrogens (tertiary/aromatic N) is 1. The summed E-state index contributed by atoms with van der Waals surface area (Å²) >= 11 is 0. The molecule has 3 rings (SSSR count). The van der Waals surface area contributed by atoms with Gasteiger partial charge in [-0.1, -0.05) is 63.9 Å². The monoisotopic (exact) mass is 300 g/mol. The predicted octanol–water partition coefficient (Wildman–Crippen LogP) is 4.24. The van der Waals surface area contributed by atoms with Crippen LogP contribution in [0.1, 0.15) is 58.1 Å². The lowest BCUT2D eigenvalue weighted by molar-refractivity contribution is 0.0413. The molecule has 4 atom stereocenters. The van der Waals surface area contributed by atoms with Crippen molar-refractivity contribution in [3.8, 4) is 0 Å². The van der Waals surface area contributed by atoms with Crippen molar-refractivity contribution in [1.82, 2.24) is 10.2 Å². The van der Waals surface area contributed by atoms with E-state index < -0.39 is 0 Å². The van der Waals surface area contributed by atoms with E-state index in [2.05, 4.69) is 61.3 Å². The van der Waals surface area contributed by atoms with E-state index in [0.29, 0.717) is 18.0 Å². The minimum atomic E-state index is 0.548. The molecule has 2 nitrogen and oxygen atoms in total. The van der Waals surface area contributed by atoms with Gasteiger partial charge in [0.1, 0.15) is 0 Å². The Hall–Kier alpha value is -0.860. The van der Waals surface area contributed by atoms with Crippen molar-refractivity contribution in [3.05, 3.63) is 35.9 Å². The third-order valence-electron chi connectivity index (χ3n) is 5.75. The van der Waals surface area contributed by atoms with Gasteiger partial charge in [-0.25, -0.2) is 0 Å². The number of hydrogen-bond donors (Lipinski definition) is 1. The summed E-state index contributed by atoms with van der Waals surface area (Å²) in [6.45, 7) is 9.43. The lowest BCUT2D eigenvalue weighted by Crippen LogP contribution is -2.57. The van der Waals surface area contributed by atoms with Crippen molar-refractivity contribution in [2.24, 2.45) is 11.8 Å². The zero-order chi connectivity index (χ0) is 15.5. The van der Waals surface area contributed by atoms with Crippen molar-refractivity contribution in [2.45, 2.75) is 64.6 Å². The van der Waals surface area contributed by atoms with Crippen LogP contribution < -0.4 is 5.32 Å². The van der Waals surface area contributed by atoms with Crippen molar-refractivity contribution in [2.75, 3.05) is 13.1 Å². The van der Waals surface area contributed by atoms with Crippen LogP contribution in [0, 0.1) is 11.8 Å². The topological polar surface area (TPSA) is 15.3 Å². The number of nitrogens with one attached hydrogen (secondary N) is 1. The second-order valence-electron chi connectivity index (χ2n) is 7.81. The van der Waals surface area contributed by atoms with Crippen LogP contribution in [0.4, 0.5) is 0 Å². The average Bonchev–Trinajstić information content (AvgIpc) is 2.55. The minimum Gasteiger partial charge on any atom is -0.311 e. The van der Waals surface area contributed by atoms with Crippen molar-refractivity contribution < 1.29 is 0 Å². The zero-order valence-electron chi connectivity index (χ0n) is 14.5. The number of benzene rings is 1. The Morgan fingerprint density at radius 2 is 1.91 bits per heavy atom. The highest BCUT2D eigenvalue weighted by atomic mass is 15.3. The van der Waals surface area contributed by atoms with E-state index in [1.165, 1.54) is 37.8 Å². The molecule has 0 radical (unpaired) electrons. The van der Waals surface area contributed by atoms with Gasteiger partial charge in [0.25, 0.3) is 0 Å². The van der Waals surface area contributed by atoms with E-state index in [-0.39, 0.29) is 0 Å². The van der Waals surface area contributed by atoms with Gasteiger partial charge in [-0.3, -0.25) is 4.90 Å². The summed E-state index contributed by atoms with van der Waals surface area (Å²) in [4.78, 5) is 2.84. The van der Waals surface area contributed by atoms with E-state index in [9.17, 15) is 0 Å². The molecule has 1 aromatic rings. The Balaban J connectivity index is 1.81. The van der Waals surface area contributed by atoms with Gasteiger partial charge < -0.3 is 5.32 Å². The van der Waals surface area contributed by atoms with Crippen LogP contribution in [0.15, 0.2) is 30.3 Å². The Bertz CT molecular complexity index is 456. The van der Waals surface area contributed by atoms with Gasteiger partial charge in [0.15, 0.2) is 0 Å². The van der Waals surface area contributed by atoms with Crippen LogP contribution >= 0.6 is 0 Å². The quantitative estimate of drug-likeness (QED) is 0.898. The van der Waals surface area contributed by atoms with E-state index in [4.69, 9.17) is 0 Å². The molecule has 4 unspecified atom stereocenters. The molecule has 0 aromatic heterocycles. The van der Waals surface area contributed by atoms with Crippen molar-refractivity contribution in [1.29, 1.82) is 0 Å². The van der Waals surface area contributed by atoms with Crippen molar-refractivity contribution >= 4 is 0 Å². The van der Waals surface area contributed by atoms with Crippen LogP contribution in [0.25, 0.3) is 0 Å². The van der Waals surface area contributed by atoms with Crippen LogP contribution in [0.3, 0.4) is 0 Å². The fourth-order valence-electron chi connectivity index (χ4n) is 4.34. The predicted molar refractivity (Wildman–Crippen MR) is 93.9 cm³/mol. The van der Waals surface area contributed by atoms with Crippen molar-refractivity contribution in [3.63, 3.8) is 0 Å². The van der Waals surface area contributed by atoms with E-state index in [1.54, 1.807) is 0 Å². The molecule has 1 aliphatic carbocycles. The zero-order valence-corrected chi connectivity index (χ0v) is 14.5. The Kier molecular flexibility index (Phi) is 5.20. The van der Waals surface area contributed by atoms with Gasteiger partial charge in [-0.15, -0.1) is 0 Å². The molecule has 1 aromatic carbocycles. The number of rotatable bonds is 3. The third-order valence-corrected chi connectivity index (χ3v) is 5.75. The summed E-state index contributed by atoms with van der Waals surface area (Å²) in [7, 11) is 0. The summed E-state index contributed by atoms with van der Waals surface area (Å²) in [5.74, 6) is 1.60. The summed E-state index contributed by atoms with van der Waals surface area (Å²) in [5.41, 5.74) is 1.48. The smallest absolute Gasteiger partial charge is 0.0476 e. The second kappa shape index (κ2) is 7.14. The molecular formula is C20H32N2. The van der Waals surface area contributed by atoms with Gasteiger partial charge in [-0.2, -0.15) is 0 Å². The maximum Gasteiger partial charge on any atom is 0.0476 e. The van der Waals surface area contributed by atoms with Crippen LogP contribution in [-0.4, -0.2) is 30.1 Å². The summed E-state index contributed by atoms with van der Waals surface area (Å²) < 4.78 is 0. The third kappa shape index (κ3) is 3.55. The SMILES string of the molecule is CC1CCCC(N2CC(C(C)C)NCC2c2ccccc2)C1. The molecule has 2 heteroatoms. The number of piperazine rings is 1. The maximum absolute atomic E-state index is 3.81. The number of hydrogen-bond acceptors (Lipinski definition) is 2. The first kappa shape index (κ1) is 16.0. The molecule has 2 fully saturated rings. The van der Waals surface area contributed by atoms with Gasteiger partial charge in [0, 0.05) is 31.2 Å². The maximum atomic E-state index is 3.81. The highest BCUT2D eigenvalue weighted by molar-refractivity contribution is 5.21. The average molecular weight is 300 g/mol. The fraction of sp³-hybridized carbons (Fsp3) is 0.700. The molecule has 1 N–H and O–H groups in total. The molecular weight excluding hydrogens is 268 g/mol. The fourth-order valence-corrected chi connectivity index (χ4v) is 4.34. The molecule has 0 spiro atoms. The van der Waals surface area contributed by atoms with Gasteiger partial charge in [0.2, 0.25) is 0 Å². The minimum absolute atomic E-state index is 0.548. The Morgan fingerprint density at radius 3 is 2.59 bits per heavy atom. The molecule has 0 bridgehead atoms. The second-order valence-corrected chi connectivity index (χ2v) is 7.81. The molecule has 1 saturated carbocycles. The summed E-state index contributed by atoms with van der Waals surface area (Å²) in [5, 5.41) is 3.81. The first-order valence-electron chi connectivity index (χ1n) is 9.19. The largest absolute Gasteiger partial charge is 0.311 e. The first-order valence-corrected chi connectivity index (χ1v) is 9.19. The van der Waals surface area contributed by atoms with Gasteiger partial charge >= 0.3 is 0 Å². The highest BCUT2D eigenvalue weighted by Crippen LogP contribution is 2.34. The van der Waals surface area contributed by atoms with E-state index in [0.717, 1.165) is 18.5 Å². The summed E-state index contributed by atoms with van der Waals surface area (Å²) in [6.07, 6.45) is 5.60. The molecule has 2 aliphatic rings. The lowest BCUT2D eigenvalue weighted by Gasteiger charge is -2.48. The van der Waals surface area contributed by atoms with E-state index in [1.807, 2.05) is 0 Å². The van der Waals surface area contributed by atoms with E-state index >= 15 is 0 Å². The molecule has 1 heterocycles. The van der Waals surface area contributed by atoms with Crippen LogP contribution in [-0.2, 0) is 0 Å².